The van der Waals surface area contributed by atoms with Gasteiger partial charge in [-0.3, -0.25) is 0 Å². The number of hydrogen-bond donors (Lipinski definition) is 4. The zero-order chi connectivity index (χ0) is 24.4. The number of nitrogens with two attached hydrogens (primary N) is 2. The molecule has 10 heteroatoms. The van der Waals surface area contributed by atoms with Gasteiger partial charge in [-0.2, -0.15) is 0 Å². The number of hydrogen-bond acceptors (Lipinski definition) is 7. The number of aryl methyl sites for hydroxylation is 2. The standard InChI is InChI=1S/C24H26ClFN6O2/c1-11-5-14-21(27)29-10-30-23(14)32(11)18-9-24(2,20(34)19(18)33)4-3-12-6-16(26)13-8-15(25)22(28)31-17(13)7-12/h5-8,10,18-20,33-34H,3-4,9H2,1-2H3,(H2,28,31)(H2,27,29,30)/t18-,19+,20+,24+/m1/s1. The van der Waals surface area contributed by atoms with E-state index in [0.717, 1.165) is 11.3 Å². The molecule has 8 nitrogen and oxygen atoms in total. The zero-order valence-electron chi connectivity index (χ0n) is 18.8. The van der Waals surface area contributed by atoms with Crippen LogP contribution >= 0.6 is 11.6 Å². The van der Waals surface area contributed by atoms with Crippen molar-refractivity contribution in [2.75, 3.05) is 11.5 Å². The molecule has 0 bridgehead atoms. The van der Waals surface area contributed by atoms with E-state index in [2.05, 4.69) is 15.0 Å². The number of nitrogen functional groups attached to an aromatic ring is 2. The van der Waals surface area contributed by atoms with Crippen LogP contribution in [0.3, 0.4) is 0 Å². The van der Waals surface area contributed by atoms with Crippen LogP contribution in [0, 0.1) is 18.2 Å². The first-order chi connectivity index (χ1) is 16.1. The average Bonchev–Trinajstić information content (AvgIpc) is 3.23. The van der Waals surface area contributed by atoms with Crippen LogP contribution in [0.15, 0.2) is 30.6 Å². The molecule has 1 aromatic carbocycles. The Morgan fingerprint density at radius 1 is 1.15 bits per heavy atom. The third kappa shape index (κ3) is 3.55. The van der Waals surface area contributed by atoms with Gasteiger partial charge < -0.3 is 26.2 Å². The first-order valence-corrected chi connectivity index (χ1v) is 11.4. The Balaban J connectivity index is 1.43. The van der Waals surface area contributed by atoms with E-state index in [-0.39, 0.29) is 16.9 Å². The van der Waals surface area contributed by atoms with E-state index in [9.17, 15) is 14.6 Å². The van der Waals surface area contributed by atoms with E-state index in [4.69, 9.17) is 23.1 Å². The predicted octanol–water partition coefficient (Wildman–Crippen LogP) is 3.55. The molecule has 178 valence electrons. The first kappa shape index (κ1) is 22.8. The molecule has 4 atom stereocenters. The quantitative estimate of drug-likeness (QED) is 0.347. The van der Waals surface area contributed by atoms with Gasteiger partial charge in [0, 0.05) is 11.1 Å². The van der Waals surface area contributed by atoms with E-state index in [1.165, 1.54) is 18.5 Å². The number of halogens is 2. The summed E-state index contributed by atoms with van der Waals surface area (Å²) in [7, 11) is 0. The van der Waals surface area contributed by atoms with Gasteiger partial charge in [0.2, 0.25) is 0 Å². The highest BCUT2D eigenvalue weighted by atomic mass is 35.5. The smallest absolute Gasteiger partial charge is 0.146 e. The van der Waals surface area contributed by atoms with Gasteiger partial charge in [0.25, 0.3) is 0 Å². The fraction of sp³-hybridized carbons (Fsp3) is 0.375. The summed E-state index contributed by atoms with van der Waals surface area (Å²) in [6, 6.07) is 6.22. The highest BCUT2D eigenvalue weighted by Crippen LogP contribution is 2.48. The average molecular weight is 485 g/mol. The highest BCUT2D eigenvalue weighted by Gasteiger charge is 2.50. The molecule has 0 aliphatic heterocycles. The minimum atomic E-state index is -0.993. The number of fused-ring (bicyclic) bond motifs is 2. The van der Waals surface area contributed by atoms with Crippen molar-refractivity contribution in [1.29, 1.82) is 0 Å². The van der Waals surface area contributed by atoms with Crippen molar-refractivity contribution in [1.82, 2.24) is 19.5 Å². The van der Waals surface area contributed by atoms with Crippen LogP contribution in [0.1, 0.15) is 37.1 Å². The minimum Gasteiger partial charge on any atom is -0.390 e. The molecule has 0 amide bonds. The number of aliphatic hydroxyl groups is 2. The van der Waals surface area contributed by atoms with E-state index in [1.54, 1.807) is 6.07 Å². The molecule has 0 spiro atoms. The van der Waals surface area contributed by atoms with Gasteiger partial charge in [-0.15, -0.1) is 0 Å². The summed E-state index contributed by atoms with van der Waals surface area (Å²) in [5, 5.41) is 23.3. The largest absolute Gasteiger partial charge is 0.390 e. The fourth-order valence-corrected chi connectivity index (χ4v) is 5.43. The van der Waals surface area contributed by atoms with Gasteiger partial charge in [0.05, 0.1) is 28.1 Å². The molecule has 6 N–H and O–H groups in total. The molecule has 3 aromatic heterocycles. The Hall–Kier alpha value is -3.01. The van der Waals surface area contributed by atoms with Crippen molar-refractivity contribution in [3.63, 3.8) is 0 Å². The molecule has 0 unspecified atom stereocenters. The van der Waals surface area contributed by atoms with Crippen LogP contribution in [-0.4, -0.2) is 41.9 Å². The molecule has 5 rings (SSSR count). The van der Waals surface area contributed by atoms with Gasteiger partial charge >= 0.3 is 0 Å². The Bertz CT molecular complexity index is 1430. The van der Waals surface area contributed by atoms with Crippen molar-refractivity contribution in [2.45, 2.75) is 51.4 Å². The summed E-state index contributed by atoms with van der Waals surface area (Å²) in [6.45, 7) is 3.86. The summed E-state index contributed by atoms with van der Waals surface area (Å²) in [5.41, 5.74) is 13.9. The second-order valence-corrected chi connectivity index (χ2v) is 9.92. The van der Waals surface area contributed by atoms with Crippen molar-refractivity contribution in [2.24, 2.45) is 5.41 Å². The minimum absolute atomic E-state index is 0.147. The Morgan fingerprint density at radius 2 is 1.91 bits per heavy atom. The number of pyridine rings is 1. The first-order valence-electron chi connectivity index (χ1n) is 11.1. The number of benzene rings is 1. The topological polar surface area (TPSA) is 136 Å². The summed E-state index contributed by atoms with van der Waals surface area (Å²) in [5.74, 6) is 0.0915. The summed E-state index contributed by atoms with van der Waals surface area (Å²) in [6.07, 6.45) is 0.974. The van der Waals surface area contributed by atoms with E-state index < -0.39 is 23.4 Å². The molecule has 34 heavy (non-hydrogen) atoms. The molecule has 0 radical (unpaired) electrons. The third-order valence-corrected chi connectivity index (χ3v) is 7.51. The monoisotopic (exact) mass is 484 g/mol. The van der Waals surface area contributed by atoms with Crippen LogP contribution in [0.4, 0.5) is 16.0 Å². The maximum absolute atomic E-state index is 14.7. The molecule has 1 fully saturated rings. The second kappa shape index (κ2) is 8.04. The van der Waals surface area contributed by atoms with Gasteiger partial charge in [-0.1, -0.05) is 18.5 Å². The maximum atomic E-state index is 14.7. The number of nitrogens with zero attached hydrogens (tertiary/aromatic N) is 4. The van der Waals surface area contributed by atoms with Crippen molar-refractivity contribution < 1.29 is 14.6 Å². The lowest BCUT2D eigenvalue weighted by molar-refractivity contribution is -0.0242. The molecular weight excluding hydrogens is 459 g/mol. The molecule has 4 aromatic rings. The van der Waals surface area contributed by atoms with Crippen molar-refractivity contribution >= 4 is 45.2 Å². The zero-order valence-corrected chi connectivity index (χ0v) is 19.6. The number of aliphatic hydroxyl groups excluding tert-OH is 2. The van der Waals surface area contributed by atoms with Crippen LogP contribution in [0.25, 0.3) is 21.9 Å². The Labute approximate surface area is 200 Å². The third-order valence-electron chi connectivity index (χ3n) is 7.20. The summed E-state index contributed by atoms with van der Waals surface area (Å²) < 4.78 is 16.6. The van der Waals surface area contributed by atoms with Gasteiger partial charge in [0.15, 0.2) is 0 Å². The molecule has 1 aliphatic rings. The number of aromatic nitrogens is 4. The van der Waals surface area contributed by atoms with Crippen molar-refractivity contribution in [3.05, 3.63) is 52.7 Å². The van der Waals surface area contributed by atoms with Crippen molar-refractivity contribution in [3.8, 4) is 0 Å². The van der Waals surface area contributed by atoms with E-state index in [0.29, 0.717) is 47.0 Å². The summed E-state index contributed by atoms with van der Waals surface area (Å²) in [4.78, 5) is 12.6. The maximum Gasteiger partial charge on any atom is 0.146 e. The fourth-order valence-electron chi connectivity index (χ4n) is 5.28. The highest BCUT2D eigenvalue weighted by molar-refractivity contribution is 6.33. The van der Waals surface area contributed by atoms with Gasteiger partial charge in [-0.25, -0.2) is 19.3 Å². The molecular formula is C24H26ClFN6O2. The molecule has 1 saturated carbocycles. The molecule has 1 aliphatic carbocycles. The lowest BCUT2D eigenvalue weighted by atomic mass is 9.80. The predicted molar refractivity (Wildman–Crippen MR) is 130 cm³/mol. The number of rotatable bonds is 4. The number of anilines is 2. The second-order valence-electron chi connectivity index (χ2n) is 9.51. The van der Waals surface area contributed by atoms with E-state index in [1.807, 2.05) is 24.5 Å². The molecule has 3 heterocycles. The lowest BCUT2D eigenvalue weighted by Crippen LogP contribution is -2.35. The summed E-state index contributed by atoms with van der Waals surface area (Å²) >= 11 is 5.98. The van der Waals surface area contributed by atoms with E-state index >= 15 is 0 Å². The molecule has 0 saturated heterocycles. The van der Waals surface area contributed by atoms with Crippen LogP contribution in [-0.2, 0) is 6.42 Å². The normalized spacial score (nSPS) is 24.9. The van der Waals surface area contributed by atoms with Gasteiger partial charge in [0.1, 0.15) is 35.5 Å². The lowest BCUT2D eigenvalue weighted by Gasteiger charge is -2.28. The van der Waals surface area contributed by atoms with Crippen LogP contribution in [0.2, 0.25) is 5.02 Å². The Kier molecular flexibility index (Phi) is 5.38. The Morgan fingerprint density at radius 3 is 2.68 bits per heavy atom. The van der Waals surface area contributed by atoms with Gasteiger partial charge in [-0.05, 0) is 61.4 Å². The van der Waals surface area contributed by atoms with Crippen LogP contribution < -0.4 is 11.5 Å². The van der Waals surface area contributed by atoms with Crippen LogP contribution in [0.5, 0.6) is 0 Å². The SMILES string of the molecule is Cc1cc2c(N)ncnc2n1[C@@H]1C[C@](C)(CCc2cc(F)c3cc(Cl)c(N)nc3c2)[C@@H](O)[C@H]1O.